The summed E-state index contributed by atoms with van der Waals surface area (Å²) in [7, 11) is 2.14. The van der Waals surface area contributed by atoms with Gasteiger partial charge in [0.05, 0.1) is 5.02 Å². The molecule has 1 aromatic carbocycles. The zero-order valence-corrected chi connectivity index (χ0v) is 13.4. The van der Waals surface area contributed by atoms with Crippen molar-refractivity contribution in [2.75, 3.05) is 26.7 Å². The van der Waals surface area contributed by atoms with Crippen LogP contribution in [0, 0.1) is 3.57 Å². The van der Waals surface area contributed by atoms with Crippen LogP contribution in [0.2, 0.25) is 5.02 Å². The lowest BCUT2D eigenvalue weighted by molar-refractivity contribution is 0.324. The highest BCUT2D eigenvalue weighted by molar-refractivity contribution is 14.1. The number of halogens is 2. The summed E-state index contributed by atoms with van der Waals surface area (Å²) in [6.45, 7) is 6.34. The van der Waals surface area contributed by atoms with E-state index in [1.165, 1.54) is 12.0 Å². The number of likely N-dealkylation sites (N-methyl/N-ethyl adjacent to an activating group) is 1. The van der Waals surface area contributed by atoms with E-state index in [4.69, 9.17) is 11.6 Å². The van der Waals surface area contributed by atoms with Crippen molar-refractivity contribution in [1.29, 1.82) is 0 Å². The molecule has 0 heterocycles. The number of nitrogens with zero attached hydrogens (tertiary/aromatic N) is 1. The van der Waals surface area contributed by atoms with Crippen LogP contribution in [0.4, 0.5) is 0 Å². The van der Waals surface area contributed by atoms with E-state index in [2.05, 4.69) is 65.0 Å². The zero-order valence-electron chi connectivity index (χ0n) is 10.5. The first-order chi connectivity index (χ1) is 8.13. The molecule has 0 radical (unpaired) electrons. The maximum Gasteiger partial charge on any atom is 0.0542 e. The zero-order chi connectivity index (χ0) is 12.7. The largest absolute Gasteiger partial charge is 0.315 e. The first-order valence-electron chi connectivity index (χ1n) is 5.96. The first kappa shape index (κ1) is 15.2. The van der Waals surface area contributed by atoms with Crippen LogP contribution in [0.15, 0.2) is 18.2 Å². The summed E-state index contributed by atoms with van der Waals surface area (Å²) in [5.41, 5.74) is 1.27. The summed E-state index contributed by atoms with van der Waals surface area (Å²) < 4.78 is 1.11. The van der Waals surface area contributed by atoms with Crippen LogP contribution in [0.25, 0.3) is 0 Å². The SMILES string of the molecule is CCCNCCN(C)Cc1ccc(I)c(Cl)c1. The summed E-state index contributed by atoms with van der Waals surface area (Å²) in [6.07, 6.45) is 1.19. The van der Waals surface area contributed by atoms with Crippen molar-refractivity contribution in [3.63, 3.8) is 0 Å². The van der Waals surface area contributed by atoms with Gasteiger partial charge in [-0.05, 0) is 60.3 Å². The third-order valence-electron chi connectivity index (χ3n) is 2.53. The minimum absolute atomic E-state index is 0.848. The molecular weight excluding hydrogens is 347 g/mol. The summed E-state index contributed by atoms with van der Waals surface area (Å²) in [5, 5.41) is 4.25. The number of rotatable bonds is 7. The normalized spacial score (nSPS) is 11.1. The lowest BCUT2D eigenvalue weighted by Gasteiger charge is -2.17. The van der Waals surface area contributed by atoms with E-state index < -0.39 is 0 Å². The van der Waals surface area contributed by atoms with Gasteiger partial charge in [0.15, 0.2) is 0 Å². The number of nitrogens with one attached hydrogen (secondary N) is 1. The van der Waals surface area contributed by atoms with Crippen molar-refractivity contribution in [3.05, 3.63) is 32.4 Å². The molecule has 0 saturated carbocycles. The van der Waals surface area contributed by atoms with Crippen molar-refractivity contribution in [3.8, 4) is 0 Å². The minimum Gasteiger partial charge on any atom is -0.315 e. The molecule has 0 fully saturated rings. The van der Waals surface area contributed by atoms with Gasteiger partial charge in [0.1, 0.15) is 0 Å². The second kappa shape index (κ2) is 8.29. The molecule has 0 unspecified atom stereocenters. The Labute approximate surface area is 123 Å². The lowest BCUT2D eigenvalue weighted by atomic mass is 10.2. The number of benzene rings is 1. The van der Waals surface area contributed by atoms with Gasteiger partial charge in [-0.1, -0.05) is 24.6 Å². The fourth-order valence-corrected chi connectivity index (χ4v) is 2.14. The maximum atomic E-state index is 6.10. The predicted octanol–water partition coefficient (Wildman–Crippen LogP) is 3.38. The molecule has 2 nitrogen and oxygen atoms in total. The van der Waals surface area contributed by atoms with Gasteiger partial charge in [0.25, 0.3) is 0 Å². The van der Waals surface area contributed by atoms with Gasteiger partial charge >= 0.3 is 0 Å². The fraction of sp³-hybridized carbons (Fsp3) is 0.538. The van der Waals surface area contributed by atoms with E-state index in [9.17, 15) is 0 Å². The van der Waals surface area contributed by atoms with Crippen LogP contribution in [-0.2, 0) is 6.54 Å². The molecule has 1 rings (SSSR count). The van der Waals surface area contributed by atoms with Gasteiger partial charge in [-0.2, -0.15) is 0 Å². The van der Waals surface area contributed by atoms with Crippen molar-refractivity contribution in [1.82, 2.24) is 10.2 Å². The monoisotopic (exact) mass is 366 g/mol. The summed E-state index contributed by atoms with van der Waals surface area (Å²) in [6, 6.07) is 6.27. The second-order valence-corrected chi connectivity index (χ2v) is 5.81. The maximum absolute atomic E-state index is 6.10. The molecule has 96 valence electrons. The Morgan fingerprint density at radius 3 is 2.76 bits per heavy atom. The highest BCUT2D eigenvalue weighted by atomic mass is 127. The molecule has 0 atom stereocenters. The smallest absolute Gasteiger partial charge is 0.0542 e. The number of hydrogen-bond acceptors (Lipinski definition) is 2. The molecule has 0 aliphatic carbocycles. The Kier molecular flexibility index (Phi) is 7.43. The van der Waals surface area contributed by atoms with Crippen LogP contribution < -0.4 is 5.32 Å². The topological polar surface area (TPSA) is 15.3 Å². The Morgan fingerprint density at radius 1 is 1.35 bits per heavy atom. The van der Waals surface area contributed by atoms with Crippen LogP contribution in [0.5, 0.6) is 0 Å². The van der Waals surface area contributed by atoms with Crippen molar-refractivity contribution >= 4 is 34.2 Å². The summed E-state index contributed by atoms with van der Waals surface area (Å²) in [5.74, 6) is 0. The van der Waals surface area contributed by atoms with Crippen LogP contribution in [0.3, 0.4) is 0 Å². The van der Waals surface area contributed by atoms with Gasteiger partial charge in [0.2, 0.25) is 0 Å². The Balaban J connectivity index is 2.34. The van der Waals surface area contributed by atoms with Gasteiger partial charge in [-0.15, -0.1) is 0 Å². The van der Waals surface area contributed by atoms with Gasteiger partial charge < -0.3 is 10.2 Å². The van der Waals surface area contributed by atoms with Crippen molar-refractivity contribution in [2.24, 2.45) is 0 Å². The summed E-state index contributed by atoms with van der Waals surface area (Å²) >= 11 is 8.36. The molecule has 0 aliphatic rings. The van der Waals surface area contributed by atoms with Gasteiger partial charge in [-0.25, -0.2) is 0 Å². The Bertz CT molecular complexity index is 344. The van der Waals surface area contributed by atoms with Crippen LogP contribution >= 0.6 is 34.2 Å². The van der Waals surface area contributed by atoms with Crippen LogP contribution in [0.1, 0.15) is 18.9 Å². The molecule has 17 heavy (non-hydrogen) atoms. The highest BCUT2D eigenvalue weighted by Crippen LogP contribution is 2.20. The van der Waals surface area contributed by atoms with Crippen molar-refractivity contribution < 1.29 is 0 Å². The Hall–Kier alpha value is 0.160. The van der Waals surface area contributed by atoms with Gasteiger partial charge in [0, 0.05) is 23.2 Å². The predicted molar refractivity (Wildman–Crippen MR) is 83.7 cm³/mol. The third-order valence-corrected chi connectivity index (χ3v) is 4.11. The first-order valence-corrected chi connectivity index (χ1v) is 7.42. The van der Waals surface area contributed by atoms with E-state index in [1.807, 2.05) is 0 Å². The third kappa shape index (κ3) is 6.04. The molecule has 4 heteroatoms. The average molecular weight is 367 g/mol. The standard InChI is InChI=1S/C13H20ClIN2/c1-3-6-16-7-8-17(2)10-11-4-5-13(15)12(14)9-11/h4-5,9,16H,3,6-8,10H2,1-2H3. The molecular formula is C13H20ClIN2. The molecule has 0 aromatic heterocycles. The highest BCUT2D eigenvalue weighted by Gasteiger charge is 2.02. The quantitative estimate of drug-likeness (QED) is 0.588. The molecule has 0 bridgehead atoms. The molecule has 1 N–H and O–H groups in total. The molecule has 0 saturated heterocycles. The van der Waals surface area contributed by atoms with Gasteiger partial charge in [-0.3, -0.25) is 0 Å². The molecule has 0 spiro atoms. The van der Waals surface area contributed by atoms with E-state index in [0.29, 0.717) is 0 Å². The molecule has 1 aromatic rings. The molecule has 0 amide bonds. The molecule has 0 aliphatic heterocycles. The summed E-state index contributed by atoms with van der Waals surface area (Å²) in [4.78, 5) is 2.31. The second-order valence-electron chi connectivity index (χ2n) is 4.24. The Morgan fingerprint density at radius 2 is 2.12 bits per heavy atom. The minimum atomic E-state index is 0.848. The lowest BCUT2D eigenvalue weighted by Crippen LogP contribution is -2.29. The van der Waals surface area contributed by atoms with Crippen LogP contribution in [-0.4, -0.2) is 31.6 Å². The fourth-order valence-electron chi connectivity index (χ4n) is 1.60. The van der Waals surface area contributed by atoms with E-state index in [1.54, 1.807) is 0 Å². The van der Waals surface area contributed by atoms with E-state index in [-0.39, 0.29) is 0 Å². The number of hydrogen-bond donors (Lipinski definition) is 1. The average Bonchev–Trinajstić information content (AvgIpc) is 2.30. The van der Waals surface area contributed by atoms with E-state index >= 15 is 0 Å². The van der Waals surface area contributed by atoms with Crippen molar-refractivity contribution in [2.45, 2.75) is 19.9 Å². The van der Waals surface area contributed by atoms with E-state index in [0.717, 1.165) is 34.8 Å².